The molecule has 0 unspecified atom stereocenters. The minimum Gasteiger partial charge on any atom is -0.488 e. The Kier molecular flexibility index (Phi) is 2.73. The smallest absolute Gasteiger partial charge is 0.120 e. The Morgan fingerprint density at radius 3 is 2.89 bits per heavy atom. The number of hydrogen-bond acceptors (Lipinski definition) is 3. The number of aromatic amines is 1. The maximum atomic E-state index is 6.01. The van der Waals surface area contributed by atoms with Gasteiger partial charge in [-0.3, -0.25) is 5.10 Å². The van der Waals surface area contributed by atoms with Crippen molar-refractivity contribution in [1.29, 1.82) is 0 Å². The van der Waals surface area contributed by atoms with Gasteiger partial charge in [-0.25, -0.2) is 0 Å². The summed E-state index contributed by atoms with van der Waals surface area (Å²) in [6.07, 6.45) is 4.30. The molecule has 2 aromatic rings. The number of allylic oxidation sites excluding steroid dienone is 1. The van der Waals surface area contributed by atoms with Crippen LogP contribution in [0.2, 0.25) is 0 Å². The zero-order chi connectivity index (χ0) is 13.5. The molecule has 0 amide bonds. The lowest BCUT2D eigenvalue weighted by atomic mass is 10.1. The molecule has 1 heterocycles. The largest absolute Gasteiger partial charge is 0.488 e. The first kappa shape index (κ1) is 12.1. The van der Waals surface area contributed by atoms with Gasteiger partial charge in [-0.05, 0) is 44.9 Å². The molecular weight excluding hydrogens is 238 g/mol. The van der Waals surface area contributed by atoms with Gasteiger partial charge in [0.25, 0.3) is 0 Å². The highest BCUT2D eigenvalue weighted by Gasteiger charge is 2.40. The number of benzene rings is 1. The summed E-state index contributed by atoms with van der Waals surface area (Å²) in [4.78, 5) is 0. The molecule has 0 bridgehead atoms. The Balaban J connectivity index is 2.02. The van der Waals surface area contributed by atoms with Crippen LogP contribution in [0.25, 0.3) is 16.6 Å². The molecule has 1 aliphatic rings. The maximum absolute atomic E-state index is 6.01. The molecule has 3 rings (SSSR count). The zero-order valence-corrected chi connectivity index (χ0v) is 11.6. The van der Waals surface area contributed by atoms with E-state index in [0.717, 1.165) is 40.9 Å². The lowest BCUT2D eigenvalue weighted by Crippen LogP contribution is -2.11. The number of aromatic nitrogens is 2. The molecule has 0 atom stereocenters. The first-order chi connectivity index (χ1) is 9.15. The summed E-state index contributed by atoms with van der Waals surface area (Å²) in [5.41, 5.74) is 3.02. The second-order valence-corrected chi connectivity index (χ2v) is 5.28. The number of rotatable bonds is 4. The molecule has 1 saturated carbocycles. The number of H-pyrrole nitrogens is 1. The second kappa shape index (κ2) is 4.30. The van der Waals surface area contributed by atoms with Crippen molar-refractivity contribution in [1.82, 2.24) is 15.5 Å². The van der Waals surface area contributed by atoms with Crippen LogP contribution in [0.1, 0.15) is 32.4 Å². The third-order valence-electron chi connectivity index (χ3n) is 3.67. The van der Waals surface area contributed by atoms with Gasteiger partial charge in [0.1, 0.15) is 17.0 Å². The monoisotopic (exact) mass is 257 g/mol. The van der Waals surface area contributed by atoms with E-state index in [4.69, 9.17) is 4.74 Å². The van der Waals surface area contributed by atoms with Crippen molar-refractivity contribution >= 4 is 16.6 Å². The van der Waals surface area contributed by atoms with Crippen LogP contribution < -0.4 is 10.1 Å². The Hall–Kier alpha value is -1.97. The quantitative estimate of drug-likeness (QED) is 0.885. The van der Waals surface area contributed by atoms with Gasteiger partial charge in [-0.1, -0.05) is 6.08 Å². The topological polar surface area (TPSA) is 49.9 Å². The van der Waals surface area contributed by atoms with Gasteiger partial charge in [0.05, 0.1) is 11.2 Å². The van der Waals surface area contributed by atoms with Crippen molar-refractivity contribution in [2.24, 2.45) is 0 Å². The van der Waals surface area contributed by atoms with E-state index in [0.29, 0.717) is 0 Å². The minimum absolute atomic E-state index is 0.0456. The fraction of sp³-hybridized carbons (Fsp3) is 0.400. The standard InChI is InChI=1S/C15H19N3O/c1-4-12(16-3)14-11-9-10(19-15(2)7-8-15)5-6-13(11)17-18-14/h4-6,9,16H,7-8H2,1-3H3,(H,17,18)/b12-4-. The molecule has 0 spiro atoms. The van der Waals surface area contributed by atoms with Crippen LogP contribution in [0.3, 0.4) is 0 Å². The van der Waals surface area contributed by atoms with E-state index < -0.39 is 0 Å². The lowest BCUT2D eigenvalue weighted by Gasteiger charge is -2.12. The van der Waals surface area contributed by atoms with Crippen molar-refractivity contribution < 1.29 is 4.74 Å². The molecule has 1 aromatic heterocycles. The van der Waals surface area contributed by atoms with Crippen LogP contribution in [0.4, 0.5) is 0 Å². The highest BCUT2D eigenvalue weighted by atomic mass is 16.5. The van der Waals surface area contributed by atoms with Gasteiger partial charge in [-0.15, -0.1) is 0 Å². The van der Waals surface area contributed by atoms with E-state index in [-0.39, 0.29) is 5.60 Å². The third kappa shape index (κ3) is 2.18. The lowest BCUT2D eigenvalue weighted by molar-refractivity contribution is 0.200. The van der Waals surface area contributed by atoms with Crippen LogP contribution >= 0.6 is 0 Å². The molecule has 4 nitrogen and oxygen atoms in total. The molecule has 4 heteroatoms. The summed E-state index contributed by atoms with van der Waals surface area (Å²) < 4.78 is 6.01. The normalized spacial score (nSPS) is 17.5. The molecule has 100 valence electrons. The fourth-order valence-corrected chi connectivity index (χ4v) is 2.22. The summed E-state index contributed by atoms with van der Waals surface area (Å²) in [6, 6.07) is 6.09. The predicted molar refractivity (Wildman–Crippen MR) is 77.1 cm³/mol. The zero-order valence-electron chi connectivity index (χ0n) is 11.6. The summed E-state index contributed by atoms with van der Waals surface area (Å²) in [7, 11) is 1.90. The highest BCUT2D eigenvalue weighted by Crippen LogP contribution is 2.40. The summed E-state index contributed by atoms with van der Waals surface area (Å²) in [5.74, 6) is 0.918. The molecule has 0 saturated heterocycles. The van der Waals surface area contributed by atoms with Gasteiger partial charge in [-0.2, -0.15) is 5.10 Å². The van der Waals surface area contributed by atoms with Crippen molar-refractivity contribution in [2.45, 2.75) is 32.3 Å². The van der Waals surface area contributed by atoms with Crippen molar-refractivity contribution in [3.63, 3.8) is 0 Å². The third-order valence-corrected chi connectivity index (χ3v) is 3.67. The van der Waals surface area contributed by atoms with Crippen LogP contribution in [-0.4, -0.2) is 22.8 Å². The van der Waals surface area contributed by atoms with Crippen LogP contribution in [0.15, 0.2) is 24.3 Å². The molecular formula is C15H19N3O. The molecule has 0 radical (unpaired) electrons. The van der Waals surface area contributed by atoms with Crippen LogP contribution in [0.5, 0.6) is 5.75 Å². The maximum Gasteiger partial charge on any atom is 0.120 e. The number of fused-ring (bicyclic) bond motifs is 1. The summed E-state index contributed by atoms with van der Waals surface area (Å²) >= 11 is 0. The molecule has 1 aromatic carbocycles. The van der Waals surface area contributed by atoms with Gasteiger partial charge in [0.2, 0.25) is 0 Å². The van der Waals surface area contributed by atoms with Gasteiger partial charge >= 0.3 is 0 Å². The van der Waals surface area contributed by atoms with E-state index in [9.17, 15) is 0 Å². The van der Waals surface area contributed by atoms with Crippen molar-refractivity contribution in [3.8, 4) is 5.75 Å². The first-order valence-corrected chi connectivity index (χ1v) is 6.67. The predicted octanol–water partition coefficient (Wildman–Crippen LogP) is 3.07. The van der Waals surface area contributed by atoms with Crippen molar-refractivity contribution in [3.05, 3.63) is 30.0 Å². The number of hydrogen-bond donors (Lipinski definition) is 2. The second-order valence-electron chi connectivity index (χ2n) is 5.28. The SMILES string of the molecule is C/C=C(\NC)c1n[nH]c2ccc(OC3(C)CC3)cc12. The van der Waals surface area contributed by atoms with Crippen LogP contribution in [-0.2, 0) is 0 Å². The molecule has 1 aliphatic carbocycles. The number of nitrogens with zero attached hydrogens (tertiary/aromatic N) is 1. The summed E-state index contributed by atoms with van der Waals surface area (Å²) in [6.45, 7) is 4.15. The van der Waals surface area contributed by atoms with Crippen LogP contribution in [0, 0.1) is 0 Å². The Bertz CT molecular complexity index is 638. The van der Waals surface area contributed by atoms with Gasteiger partial charge in [0.15, 0.2) is 0 Å². The first-order valence-electron chi connectivity index (χ1n) is 6.67. The average molecular weight is 257 g/mol. The van der Waals surface area contributed by atoms with E-state index in [1.165, 1.54) is 0 Å². The van der Waals surface area contributed by atoms with E-state index >= 15 is 0 Å². The van der Waals surface area contributed by atoms with Gasteiger partial charge in [0, 0.05) is 12.4 Å². The highest BCUT2D eigenvalue weighted by molar-refractivity contribution is 5.90. The van der Waals surface area contributed by atoms with Gasteiger partial charge < -0.3 is 10.1 Å². The molecule has 2 N–H and O–H groups in total. The minimum atomic E-state index is 0.0456. The number of nitrogens with one attached hydrogen (secondary N) is 2. The molecule has 0 aliphatic heterocycles. The Morgan fingerprint density at radius 2 is 2.26 bits per heavy atom. The number of ether oxygens (including phenoxy) is 1. The summed E-state index contributed by atoms with van der Waals surface area (Å²) in [5, 5.41) is 11.7. The van der Waals surface area contributed by atoms with Crippen molar-refractivity contribution in [2.75, 3.05) is 7.05 Å². The van der Waals surface area contributed by atoms with E-state index in [1.54, 1.807) is 0 Å². The van der Waals surface area contributed by atoms with E-state index in [2.05, 4.69) is 28.5 Å². The van der Waals surface area contributed by atoms with E-state index in [1.807, 2.05) is 32.2 Å². The molecule has 19 heavy (non-hydrogen) atoms. The molecule has 1 fully saturated rings. The fourth-order valence-electron chi connectivity index (χ4n) is 2.22. The Morgan fingerprint density at radius 1 is 1.47 bits per heavy atom. The Labute approximate surface area is 112 Å². The average Bonchev–Trinajstić information content (AvgIpc) is 2.99.